The van der Waals surface area contributed by atoms with Crippen LogP contribution in [0.1, 0.15) is 0 Å². The molecule has 0 aliphatic carbocycles. The lowest BCUT2D eigenvalue weighted by molar-refractivity contribution is -0.385. The topological polar surface area (TPSA) is 102 Å². The molecule has 0 spiro atoms. The Morgan fingerprint density at radius 2 is 2.00 bits per heavy atom. The molecule has 0 radical (unpaired) electrons. The van der Waals surface area contributed by atoms with Crippen molar-refractivity contribution in [1.29, 1.82) is 0 Å². The van der Waals surface area contributed by atoms with E-state index in [1.807, 2.05) is 0 Å². The van der Waals surface area contributed by atoms with Crippen LogP contribution in [0.5, 0.6) is 0 Å². The summed E-state index contributed by atoms with van der Waals surface area (Å²) >= 11 is 8.99. The Morgan fingerprint density at radius 1 is 1.29 bits per heavy atom. The van der Waals surface area contributed by atoms with Crippen LogP contribution in [0.3, 0.4) is 0 Å². The van der Waals surface area contributed by atoms with Crippen molar-refractivity contribution in [2.45, 2.75) is 4.90 Å². The first-order chi connectivity index (χ1) is 9.79. The minimum absolute atomic E-state index is 0.0620. The highest BCUT2D eigenvalue weighted by atomic mass is 79.9. The molecule has 0 saturated heterocycles. The van der Waals surface area contributed by atoms with Crippen molar-refractivity contribution >= 4 is 49.1 Å². The lowest BCUT2D eigenvalue weighted by atomic mass is 10.3. The Kier molecular flexibility index (Phi) is 4.45. The normalized spacial score (nSPS) is 11.1. The standard InChI is InChI=1S/C11H7BrClN3O4S/c12-7-3-4-14-11(5-7)15-21(19,20)10-6-8(16(17)18)1-2-9(10)13/h1-6H,(H,14,15). The second-order valence-corrected chi connectivity index (χ2v) is 6.81. The van der Waals surface area contributed by atoms with Gasteiger partial charge in [0.2, 0.25) is 0 Å². The zero-order valence-electron chi connectivity index (χ0n) is 10.2. The van der Waals surface area contributed by atoms with Gasteiger partial charge >= 0.3 is 0 Å². The molecular weight excluding hydrogens is 386 g/mol. The van der Waals surface area contributed by atoms with Crippen molar-refractivity contribution in [2.24, 2.45) is 0 Å². The number of rotatable bonds is 4. The quantitative estimate of drug-likeness (QED) is 0.636. The van der Waals surface area contributed by atoms with Gasteiger partial charge in [0.15, 0.2) is 0 Å². The van der Waals surface area contributed by atoms with Crippen LogP contribution >= 0.6 is 27.5 Å². The van der Waals surface area contributed by atoms with E-state index in [4.69, 9.17) is 11.6 Å². The summed E-state index contributed by atoms with van der Waals surface area (Å²) in [6.07, 6.45) is 1.40. The number of nitrogens with zero attached hydrogens (tertiary/aromatic N) is 2. The van der Waals surface area contributed by atoms with Crippen LogP contribution in [0.2, 0.25) is 5.02 Å². The Bertz CT molecular complexity index is 813. The van der Waals surface area contributed by atoms with Gasteiger partial charge in [0.05, 0.1) is 9.95 Å². The summed E-state index contributed by atoms with van der Waals surface area (Å²) in [6.45, 7) is 0. The van der Waals surface area contributed by atoms with E-state index in [-0.39, 0.29) is 21.4 Å². The molecule has 1 heterocycles. The number of hydrogen-bond acceptors (Lipinski definition) is 5. The molecule has 0 aliphatic rings. The first-order valence-electron chi connectivity index (χ1n) is 5.38. The van der Waals surface area contributed by atoms with Gasteiger partial charge < -0.3 is 0 Å². The molecule has 0 amide bonds. The number of nitrogens with one attached hydrogen (secondary N) is 1. The summed E-state index contributed by atoms with van der Waals surface area (Å²) in [5, 5.41) is 10.6. The predicted octanol–water partition coefficient (Wildman–Crippen LogP) is 3.21. The average Bonchev–Trinajstić information content (AvgIpc) is 2.38. The minimum atomic E-state index is -4.09. The number of aromatic nitrogens is 1. The van der Waals surface area contributed by atoms with Crippen molar-refractivity contribution < 1.29 is 13.3 Å². The molecule has 2 aromatic rings. The monoisotopic (exact) mass is 391 g/mol. The predicted molar refractivity (Wildman–Crippen MR) is 80.9 cm³/mol. The van der Waals surface area contributed by atoms with Gasteiger partial charge in [0, 0.05) is 22.8 Å². The fourth-order valence-electron chi connectivity index (χ4n) is 1.46. The molecule has 0 saturated carbocycles. The molecule has 10 heteroatoms. The lowest BCUT2D eigenvalue weighted by Gasteiger charge is -2.08. The molecule has 7 nitrogen and oxygen atoms in total. The first kappa shape index (κ1) is 15.7. The number of nitro benzene ring substituents is 1. The molecular formula is C11H7BrClN3O4S. The Labute approximate surface area is 133 Å². The molecule has 0 aliphatic heterocycles. The van der Waals surface area contributed by atoms with Crippen LogP contribution < -0.4 is 4.72 Å². The van der Waals surface area contributed by atoms with Crippen molar-refractivity contribution in [3.05, 3.63) is 56.1 Å². The average molecular weight is 393 g/mol. The number of pyridine rings is 1. The van der Waals surface area contributed by atoms with E-state index in [1.54, 1.807) is 6.07 Å². The van der Waals surface area contributed by atoms with Gasteiger partial charge in [-0.15, -0.1) is 0 Å². The minimum Gasteiger partial charge on any atom is -0.263 e. The van der Waals surface area contributed by atoms with E-state index in [9.17, 15) is 18.5 Å². The van der Waals surface area contributed by atoms with Gasteiger partial charge in [0.1, 0.15) is 10.7 Å². The third-order valence-corrected chi connectivity index (χ3v) is 4.71. The van der Waals surface area contributed by atoms with Crippen LogP contribution in [0.25, 0.3) is 0 Å². The van der Waals surface area contributed by atoms with E-state index in [2.05, 4.69) is 25.6 Å². The Morgan fingerprint density at radius 3 is 2.62 bits per heavy atom. The largest absolute Gasteiger partial charge is 0.270 e. The Hall–Kier alpha value is -1.71. The third kappa shape index (κ3) is 3.69. The number of nitro groups is 1. The highest BCUT2D eigenvalue weighted by Gasteiger charge is 2.22. The zero-order chi connectivity index (χ0) is 15.6. The van der Waals surface area contributed by atoms with E-state index >= 15 is 0 Å². The van der Waals surface area contributed by atoms with Gasteiger partial charge in [-0.1, -0.05) is 27.5 Å². The second-order valence-electron chi connectivity index (χ2n) is 3.84. The summed E-state index contributed by atoms with van der Waals surface area (Å²) in [6, 6.07) is 6.24. The second kappa shape index (κ2) is 5.96. The number of halogens is 2. The molecule has 1 aromatic carbocycles. The van der Waals surface area contributed by atoms with Crippen molar-refractivity contribution in [3.63, 3.8) is 0 Å². The van der Waals surface area contributed by atoms with Crippen LogP contribution in [-0.4, -0.2) is 18.3 Å². The van der Waals surface area contributed by atoms with Crippen LogP contribution in [0.4, 0.5) is 11.5 Å². The fraction of sp³-hybridized carbons (Fsp3) is 0. The van der Waals surface area contributed by atoms with Gasteiger partial charge in [-0.3, -0.25) is 14.8 Å². The van der Waals surface area contributed by atoms with E-state index < -0.39 is 14.9 Å². The molecule has 21 heavy (non-hydrogen) atoms. The maximum Gasteiger partial charge on any atom is 0.270 e. The number of non-ortho nitro benzene ring substituents is 1. The molecule has 0 atom stereocenters. The first-order valence-corrected chi connectivity index (χ1v) is 8.03. The van der Waals surface area contributed by atoms with Crippen molar-refractivity contribution in [2.75, 3.05) is 4.72 Å². The molecule has 0 unspecified atom stereocenters. The number of sulfonamides is 1. The van der Waals surface area contributed by atoms with Crippen LogP contribution in [-0.2, 0) is 10.0 Å². The number of benzene rings is 1. The van der Waals surface area contributed by atoms with E-state index in [0.717, 1.165) is 18.2 Å². The molecule has 0 fully saturated rings. The summed E-state index contributed by atoms with van der Waals surface area (Å²) in [4.78, 5) is 13.5. The SMILES string of the molecule is O=[N+]([O-])c1ccc(Cl)c(S(=O)(=O)Nc2cc(Br)ccn2)c1. The lowest BCUT2D eigenvalue weighted by Crippen LogP contribution is -2.14. The number of anilines is 1. The summed E-state index contributed by atoms with van der Waals surface area (Å²) < 4.78 is 27.3. The highest BCUT2D eigenvalue weighted by Crippen LogP contribution is 2.27. The molecule has 1 aromatic heterocycles. The van der Waals surface area contributed by atoms with E-state index in [0.29, 0.717) is 4.47 Å². The van der Waals surface area contributed by atoms with Gasteiger partial charge in [-0.2, -0.15) is 0 Å². The zero-order valence-corrected chi connectivity index (χ0v) is 13.3. The smallest absolute Gasteiger partial charge is 0.263 e. The summed E-state index contributed by atoms with van der Waals surface area (Å²) in [7, 11) is -4.09. The summed E-state index contributed by atoms with van der Waals surface area (Å²) in [5.74, 6) is 0.0620. The van der Waals surface area contributed by atoms with Crippen LogP contribution in [0.15, 0.2) is 45.9 Å². The maximum atomic E-state index is 12.2. The van der Waals surface area contributed by atoms with Crippen LogP contribution in [0, 0.1) is 10.1 Å². The van der Waals surface area contributed by atoms with Gasteiger partial charge in [-0.25, -0.2) is 13.4 Å². The van der Waals surface area contributed by atoms with Gasteiger partial charge in [-0.05, 0) is 18.2 Å². The summed E-state index contributed by atoms with van der Waals surface area (Å²) in [5.41, 5.74) is -0.373. The van der Waals surface area contributed by atoms with Gasteiger partial charge in [0.25, 0.3) is 15.7 Å². The van der Waals surface area contributed by atoms with E-state index in [1.165, 1.54) is 12.3 Å². The third-order valence-electron chi connectivity index (χ3n) is 2.38. The fourth-order valence-corrected chi connectivity index (χ4v) is 3.32. The molecule has 2 rings (SSSR count). The van der Waals surface area contributed by atoms with Crippen molar-refractivity contribution in [3.8, 4) is 0 Å². The highest BCUT2D eigenvalue weighted by molar-refractivity contribution is 9.10. The molecule has 0 bridgehead atoms. The number of hydrogen-bond donors (Lipinski definition) is 1. The molecule has 110 valence electrons. The maximum absolute atomic E-state index is 12.2. The Balaban J connectivity index is 2.44. The van der Waals surface area contributed by atoms with Crippen molar-refractivity contribution in [1.82, 2.24) is 4.98 Å². The molecule has 1 N–H and O–H groups in total.